The van der Waals surface area contributed by atoms with Gasteiger partial charge in [0.1, 0.15) is 18.9 Å². The number of likely N-dealkylation sites (N-methyl/N-ethyl adjacent to an activating group) is 2. The molecule has 2 amide bonds. The van der Waals surface area contributed by atoms with E-state index in [2.05, 4.69) is 10.6 Å². The number of fused-ring (bicyclic) bond motifs is 2. The quantitative estimate of drug-likeness (QED) is 0.444. The molecule has 0 aliphatic carbocycles. The number of nitrogens with one attached hydrogen (secondary N) is 2. The van der Waals surface area contributed by atoms with E-state index in [9.17, 15) is 9.59 Å². The number of hydrogen-bond donors (Lipinski definition) is 2. The number of rotatable bonds is 7. The molecule has 2 aliphatic heterocycles. The number of aryl methyl sites for hydroxylation is 1. The van der Waals surface area contributed by atoms with Gasteiger partial charge in [-0.05, 0) is 50.5 Å². The summed E-state index contributed by atoms with van der Waals surface area (Å²) < 4.78 is 13.3. The summed E-state index contributed by atoms with van der Waals surface area (Å²) in [4.78, 5) is 30.1. The van der Waals surface area contributed by atoms with E-state index in [4.69, 9.17) is 21.1 Å². The van der Waals surface area contributed by atoms with Gasteiger partial charge in [-0.3, -0.25) is 9.59 Å². The lowest BCUT2D eigenvalue weighted by molar-refractivity contribution is -0.110. The summed E-state index contributed by atoms with van der Waals surface area (Å²) in [6.45, 7) is 2.30. The number of benzene rings is 2. The van der Waals surface area contributed by atoms with Crippen LogP contribution in [0.1, 0.15) is 21.6 Å². The van der Waals surface area contributed by atoms with Crippen LogP contribution >= 0.6 is 11.6 Å². The maximum Gasteiger partial charge on any atom is 0.270 e. The molecule has 3 aromatic rings. The fourth-order valence-electron chi connectivity index (χ4n) is 4.51. The molecule has 38 heavy (non-hydrogen) atoms. The van der Waals surface area contributed by atoms with Crippen molar-refractivity contribution in [3.05, 3.63) is 70.5 Å². The number of hydrogen-bond acceptors (Lipinski definition) is 6. The molecule has 9 nitrogen and oxygen atoms in total. The Bertz CT molecular complexity index is 1440. The maximum atomic E-state index is 13.3. The highest BCUT2D eigenvalue weighted by atomic mass is 35.5. The van der Waals surface area contributed by atoms with Gasteiger partial charge in [-0.15, -0.1) is 0 Å². The number of ether oxygens (including phenoxy) is 2. The van der Waals surface area contributed by atoms with Crippen LogP contribution < -0.4 is 20.1 Å². The van der Waals surface area contributed by atoms with Gasteiger partial charge < -0.3 is 34.5 Å². The zero-order chi connectivity index (χ0) is 27.0. The molecule has 5 rings (SSSR count). The molecule has 0 bridgehead atoms. The van der Waals surface area contributed by atoms with Crippen LogP contribution in [0.15, 0.2) is 48.7 Å². The Morgan fingerprint density at radius 1 is 1.05 bits per heavy atom. The van der Waals surface area contributed by atoms with E-state index in [1.807, 2.05) is 56.5 Å². The molecule has 0 fully saturated rings. The molecule has 0 spiro atoms. The Morgan fingerprint density at radius 2 is 1.82 bits per heavy atom. The lowest BCUT2D eigenvalue weighted by Crippen LogP contribution is -2.34. The topological polar surface area (TPSA) is 88.1 Å². The largest absolute Gasteiger partial charge is 0.486 e. The molecule has 3 heterocycles. The van der Waals surface area contributed by atoms with Crippen LogP contribution in [0.4, 0.5) is 11.4 Å². The zero-order valence-electron chi connectivity index (χ0n) is 21.8. The van der Waals surface area contributed by atoms with E-state index >= 15 is 0 Å². The molecule has 2 aromatic carbocycles. The van der Waals surface area contributed by atoms with Crippen LogP contribution in [0.2, 0.25) is 5.02 Å². The first kappa shape index (κ1) is 25.7. The van der Waals surface area contributed by atoms with Crippen LogP contribution in [0.5, 0.6) is 11.5 Å². The second-order valence-corrected chi connectivity index (χ2v) is 10.1. The average Bonchev–Trinajstić information content (AvgIpc) is 3.42. The number of nitrogens with zero attached hydrogens (tertiary/aromatic N) is 3. The fourth-order valence-corrected chi connectivity index (χ4v) is 4.68. The number of aromatic nitrogens is 1. The van der Waals surface area contributed by atoms with Crippen molar-refractivity contribution in [2.45, 2.75) is 0 Å². The van der Waals surface area contributed by atoms with Crippen LogP contribution in [-0.2, 0) is 11.8 Å². The predicted octanol–water partition coefficient (Wildman–Crippen LogP) is 4.02. The first-order valence-corrected chi connectivity index (χ1v) is 12.7. The van der Waals surface area contributed by atoms with Crippen molar-refractivity contribution >= 4 is 46.1 Å². The van der Waals surface area contributed by atoms with Crippen molar-refractivity contribution in [1.29, 1.82) is 0 Å². The molecule has 0 atom stereocenters. The summed E-state index contributed by atoms with van der Waals surface area (Å²) in [5, 5.41) is 6.87. The monoisotopic (exact) mass is 535 g/mol. The molecule has 0 saturated heterocycles. The summed E-state index contributed by atoms with van der Waals surface area (Å²) >= 11 is 6.18. The van der Waals surface area contributed by atoms with Gasteiger partial charge in [0.25, 0.3) is 11.8 Å². The summed E-state index contributed by atoms with van der Waals surface area (Å²) in [6.07, 6.45) is 1.83. The standard InChI is InChI=1S/C28H30ClN5O4/c1-32(2)9-10-33(3)28(36)22-15-19(16-34(22)4)30-26(17-5-8-23-24(13-17)38-12-11-37-23)25-20-7-6-18(29)14-21(20)31-27(25)35/h5-8,13-16,30H,9-12H2,1-4H3,(H,31,35)/b26-25-. The fraction of sp³-hybridized carbons (Fsp3) is 0.286. The summed E-state index contributed by atoms with van der Waals surface area (Å²) in [7, 11) is 7.57. The third kappa shape index (κ3) is 5.07. The first-order valence-electron chi connectivity index (χ1n) is 12.3. The van der Waals surface area contributed by atoms with E-state index in [0.29, 0.717) is 64.6 Å². The zero-order valence-corrected chi connectivity index (χ0v) is 22.6. The van der Waals surface area contributed by atoms with Crippen molar-refractivity contribution in [2.24, 2.45) is 7.05 Å². The Balaban J connectivity index is 1.56. The second-order valence-electron chi connectivity index (χ2n) is 9.63. The highest BCUT2D eigenvalue weighted by molar-refractivity contribution is 6.38. The summed E-state index contributed by atoms with van der Waals surface area (Å²) in [5.41, 5.74) is 4.35. The van der Waals surface area contributed by atoms with Crippen molar-refractivity contribution in [1.82, 2.24) is 14.4 Å². The van der Waals surface area contributed by atoms with Gasteiger partial charge in [-0.25, -0.2) is 0 Å². The number of carbonyl (C=O) groups is 2. The lowest BCUT2D eigenvalue weighted by Gasteiger charge is -2.20. The van der Waals surface area contributed by atoms with Crippen LogP contribution in [-0.4, -0.2) is 73.6 Å². The second kappa shape index (κ2) is 10.4. The summed E-state index contributed by atoms with van der Waals surface area (Å²) in [6, 6.07) is 12.7. The van der Waals surface area contributed by atoms with Gasteiger partial charge in [0, 0.05) is 49.5 Å². The molecule has 198 valence electrons. The predicted molar refractivity (Wildman–Crippen MR) is 149 cm³/mol. The number of carbonyl (C=O) groups excluding carboxylic acids is 2. The highest BCUT2D eigenvalue weighted by Gasteiger charge is 2.30. The minimum absolute atomic E-state index is 0.0884. The van der Waals surface area contributed by atoms with Gasteiger partial charge in [0.05, 0.1) is 22.6 Å². The number of halogens is 1. The van der Waals surface area contributed by atoms with Crippen molar-refractivity contribution < 1.29 is 19.1 Å². The minimum Gasteiger partial charge on any atom is -0.486 e. The Labute approximate surface area is 226 Å². The van der Waals surface area contributed by atoms with Crippen LogP contribution in [0.3, 0.4) is 0 Å². The van der Waals surface area contributed by atoms with E-state index in [1.165, 1.54) is 0 Å². The van der Waals surface area contributed by atoms with Crippen molar-refractivity contribution in [3.63, 3.8) is 0 Å². The molecular formula is C28H30ClN5O4. The van der Waals surface area contributed by atoms with Crippen LogP contribution in [0.25, 0.3) is 11.3 Å². The highest BCUT2D eigenvalue weighted by Crippen LogP contribution is 2.41. The van der Waals surface area contributed by atoms with E-state index in [1.54, 1.807) is 34.7 Å². The molecule has 2 aliphatic rings. The van der Waals surface area contributed by atoms with Gasteiger partial charge in [0.15, 0.2) is 11.5 Å². The molecule has 10 heteroatoms. The minimum atomic E-state index is -0.254. The van der Waals surface area contributed by atoms with Crippen LogP contribution in [0, 0.1) is 0 Å². The normalized spacial score (nSPS) is 15.3. The third-order valence-corrected chi connectivity index (χ3v) is 6.76. The molecular weight excluding hydrogens is 506 g/mol. The van der Waals surface area contributed by atoms with Gasteiger partial charge in [-0.1, -0.05) is 17.7 Å². The SMILES string of the molecule is CN(C)CCN(C)C(=O)c1cc(N/C(=C2\C(=O)Nc3cc(Cl)ccc32)c2ccc3c(c2)OCCO3)cn1C. The van der Waals surface area contributed by atoms with Gasteiger partial charge in [-0.2, -0.15) is 0 Å². The van der Waals surface area contributed by atoms with Crippen molar-refractivity contribution in [2.75, 3.05) is 58.1 Å². The molecule has 0 radical (unpaired) electrons. The molecule has 0 saturated carbocycles. The molecule has 0 unspecified atom stereocenters. The Kier molecular flexibility index (Phi) is 7.05. The first-order chi connectivity index (χ1) is 18.2. The van der Waals surface area contributed by atoms with Crippen molar-refractivity contribution in [3.8, 4) is 11.5 Å². The average molecular weight is 536 g/mol. The Morgan fingerprint density at radius 3 is 2.58 bits per heavy atom. The third-order valence-electron chi connectivity index (χ3n) is 6.53. The van der Waals surface area contributed by atoms with Gasteiger partial charge in [0.2, 0.25) is 0 Å². The smallest absolute Gasteiger partial charge is 0.270 e. The lowest BCUT2D eigenvalue weighted by atomic mass is 9.99. The molecule has 2 N–H and O–H groups in total. The summed E-state index contributed by atoms with van der Waals surface area (Å²) in [5.74, 6) is 0.917. The molecule has 1 aromatic heterocycles. The van der Waals surface area contributed by atoms with E-state index in [-0.39, 0.29) is 11.8 Å². The van der Waals surface area contributed by atoms with Gasteiger partial charge >= 0.3 is 0 Å². The van der Waals surface area contributed by atoms with E-state index in [0.717, 1.165) is 17.7 Å². The number of amides is 2. The maximum absolute atomic E-state index is 13.3. The number of anilines is 2. The van der Waals surface area contributed by atoms with E-state index < -0.39 is 0 Å². The Hall–Kier alpha value is -3.95.